The van der Waals surface area contributed by atoms with Crippen molar-refractivity contribution in [2.45, 2.75) is 25.8 Å². The van der Waals surface area contributed by atoms with E-state index in [4.69, 9.17) is 0 Å². The third-order valence-electron chi connectivity index (χ3n) is 3.77. The minimum absolute atomic E-state index is 0.0521. The van der Waals surface area contributed by atoms with E-state index in [0.717, 1.165) is 23.6 Å². The third kappa shape index (κ3) is 6.01. The lowest BCUT2D eigenvalue weighted by molar-refractivity contribution is -0.384. The fourth-order valence-electron chi connectivity index (χ4n) is 2.53. The number of benzene rings is 1. The Morgan fingerprint density at radius 2 is 2.29 bits per heavy atom. The Morgan fingerprint density at radius 3 is 3.00 bits per heavy atom. The quantitative estimate of drug-likeness (QED) is 0.376. The lowest BCUT2D eigenvalue weighted by Gasteiger charge is -2.22. The average molecular weight is 352 g/mol. The van der Waals surface area contributed by atoms with Gasteiger partial charge in [-0.1, -0.05) is 6.07 Å². The number of rotatable bonds is 8. The molecule has 1 aromatic carbocycles. The second-order valence-electron chi connectivity index (χ2n) is 5.84. The molecule has 3 N–H and O–H groups in total. The molecule has 1 heterocycles. The highest BCUT2D eigenvalue weighted by molar-refractivity contribution is 7.99. The lowest BCUT2D eigenvalue weighted by atomic mass is 10.2. The maximum Gasteiger partial charge on any atom is 0.292 e. The summed E-state index contributed by atoms with van der Waals surface area (Å²) in [6.45, 7) is 3.92. The predicted octanol–water partition coefficient (Wildman–Crippen LogP) is 1.92. The Morgan fingerprint density at radius 1 is 1.46 bits per heavy atom. The van der Waals surface area contributed by atoms with Gasteiger partial charge in [0.25, 0.3) is 5.69 Å². The Balaban J connectivity index is 1.66. The van der Waals surface area contributed by atoms with Crippen molar-refractivity contribution < 1.29 is 9.72 Å². The second-order valence-corrected chi connectivity index (χ2v) is 6.99. The minimum Gasteiger partial charge on any atom is -0.379 e. The van der Waals surface area contributed by atoms with E-state index in [-0.39, 0.29) is 22.6 Å². The first-order valence-electron chi connectivity index (χ1n) is 8.13. The molecule has 0 aromatic heterocycles. The van der Waals surface area contributed by atoms with Crippen molar-refractivity contribution in [1.82, 2.24) is 10.6 Å². The molecule has 7 nitrogen and oxygen atoms in total. The number of carbonyl (C=O) groups excluding carboxylic acids is 1. The van der Waals surface area contributed by atoms with Crippen LogP contribution < -0.4 is 16.0 Å². The number of nitro groups is 1. The Hall–Kier alpha value is -1.80. The predicted molar refractivity (Wildman–Crippen MR) is 97.7 cm³/mol. The fourth-order valence-corrected chi connectivity index (χ4v) is 3.48. The van der Waals surface area contributed by atoms with Gasteiger partial charge in [-0.05, 0) is 25.0 Å². The molecule has 1 aromatic rings. The first kappa shape index (κ1) is 18.5. The number of anilines is 1. The van der Waals surface area contributed by atoms with Crippen molar-refractivity contribution in [3.05, 3.63) is 33.9 Å². The van der Waals surface area contributed by atoms with Crippen LogP contribution >= 0.6 is 11.8 Å². The minimum atomic E-state index is -0.383. The van der Waals surface area contributed by atoms with E-state index in [9.17, 15) is 14.9 Å². The van der Waals surface area contributed by atoms with Crippen LogP contribution in [0.25, 0.3) is 0 Å². The number of hydrogen-bond donors (Lipinski definition) is 3. The third-order valence-corrected chi connectivity index (χ3v) is 4.90. The Labute approximate surface area is 146 Å². The molecule has 1 saturated heterocycles. The van der Waals surface area contributed by atoms with E-state index in [1.54, 1.807) is 12.1 Å². The Bertz CT molecular complexity index is 576. The van der Waals surface area contributed by atoms with Crippen molar-refractivity contribution in [2.24, 2.45) is 0 Å². The SMILES string of the molecule is Cc1ccc(NCCCNC(=O)CC2CSCCN2)c([N+](=O)[O-])c1. The molecular weight excluding hydrogens is 328 g/mol. The number of carbonyl (C=O) groups is 1. The maximum atomic E-state index is 11.9. The summed E-state index contributed by atoms with van der Waals surface area (Å²) in [6, 6.07) is 5.38. The molecule has 1 fully saturated rings. The van der Waals surface area contributed by atoms with E-state index in [1.807, 2.05) is 24.8 Å². The highest BCUT2D eigenvalue weighted by Crippen LogP contribution is 2.25. The first-order valence-corrected chi connectivity index (χ1v) is 9.28. The molecule has 24 heavy (non-hydrogen) atoms. The molecule has 0 radical (unpaired) electrons. The van der Waals surface area contributed by atoms with Crippen LogP contribution in [-0.4, -0.2) is 48.0 Å². The van der Waals surface area contributed by atoms with Gasteiger partial charge in [-0.25, -0.2) is 0 Å². The smallest absolute Gasteiger partial charge is 0.292 e. The van der Waals surface area contributed by atoms with Gasteiger partial charge in [0, 0.05) is 49.7 Å². The summed E-state index contributed by atoms with van der Waals surface area (Å²) in [4.78, 5) is 22.5. The number of thioether (sulfide) groups is 1. The van der Waals surface area contributed by atoms with Crippen LogP contribution in [0.4, 0.5) is 11.4 Å². The van der Waals surface area contributed by atoms with Crippen molar-refractivity contribution in [3.63, 3.8) is 0 Å². The van der Waals surface area contributed by atoms with E-state index >= 15 is 0 Å². The van der Waals surface area contributed by atoms with E-state index in [1.165, 1.54) is 0 Å². The first-order chi connectivity index (χ1) is 11.6. The van der Waals surface area contributed by atoms with E-state index in [0.29, 0.717) is 31.6 Å². The summed E-state index contributed by atoms with van der Waals surface area (Å²) >= 11 is 1.87. The highest BCUT2D eigenvalue weighted by atomic mass is 32.2. The van der Waals surface area contributed by atoms with Crippen LogP contribution in [-0.2, 0) is 4.79 Å². The van der Waals surface area contributed by atoms with Crippen molar-refractivity contribution >= 4 is 29.0 Å². The van der Waals surface area contributed by atoms with Crippen molar-refractivity contribution in [3.8, 4) is 0 Å². The van der Waals surface area contributed by atoms with Crippen LogP contribution in [0.5, 0.6) is 0 Å². The number of aryl methyl sites for hydroxylation is 1. The summed E-state index contributed by atoms with van der Waals surface area (Å²) in [5.41, 5.74) is 1.45. The number of nitro benzene ring substituents is 1. The molecule has 1 amide bonds. The molecule has 1 aliphatic heterocycles. The van der Waals surface area contributed by atoms with Gasteiger partial charge in [-0.3, -0.25) is 14.9 Å². The zero-order chi connectivity index (χ0) is 17.4. The van der Waals surface area contributed by atoms with Crippen LogP contribution in [0.2, 0.25) is 0 Å². The topological polar surface area (TPSA) is 96.3 Å². The molecule has 1 unspecified atom stereocenters. The summed E-state index contributed by atoms with van der Waals surface area (Å²) in [5, 5.41) is 20.3. The van der Waals surface area contributed by atoms with Gasteiger partial charge >= 0.3 is 0 Å². The second kappa shape index (κ2) is 9.48. The van der Waals surface area contributed by atoms with Crippen molar-refractivity contribution in [2.75, 3.05) is 36.5 Å². The van der Waals surface area contributed by atoms with Gasteiger partial charge in [-0.2, -0.15) is 11.8 Å². The van der Waals surface area contributed by atoms with E-state index < -0.39 is 0 Å². The van der Waals surface area contributed by atoms with Crippen LogP contribution in [0.3, 0.4) is 0 Å². The van der Waals surface area contributed by atoms with Gasteiger partial charge in [-0.15, -0.1) is 0 Å². The van der Waals surface area contributed by atoms with Gasteiger partial charge in [0.1, 0.15) is 5.69 Å². The van der Waals surface area contributed by atoms with Gasteiger partial charge in [0.2, 0.25) is 5.91 Å². The average Bonchev–Trinajstić information content (AvgIpc) is 2.56. The molecule has 2 rings (SSSR count). The maximum absolute atomic E-state index is 11.9. The van der Waals surface area contributed by atoms with Gasteiger partial charge in [0.15, 0.2) is 0 Å². The van der Waals surface area contributed by atoms with Gasteiger partial charge in [0.05, 0.1) is 4.92 Å². The zero-order valence-corrected chi connectivity index (χ0v) is 14.7. The summed E-state index contributed by atoms with van der Waals surface area (Å²) in [6.07, 6.45) is 1.22. The molecule has 132 valence electrons. The van der Waals surface area contributed by atoms with Crippen LogP contribution in [0.1, 0.15) is 18.4 Å². The number of hydrogen-bond acceptors (Lipinski definition) is 6. The normalized spacial score (nSPS) is 17.3. The summed E-state index contributed by atoms with van der Waals surface area (Å²) in [7, 11) is 0. The summed E-state index contributed by atoms with van der Waals surface area (Å²) in [5.74, 6) is 2.14. The molecule has 1 atom stereocenters. The largest absolute Gasteiger partial charge is 0.379 e. The van der Waals surface area contributed by atoms with E-state index in [2.05, 4.69) is 16.0 Å². The number of nitrogens with zero attached hydrogens (tertiary/aromatic N) is 1. The summed E-state index contributed by atoms with van der Waals surface area (Å²) < 4.78 is 0. The molecule has 0 spiro atoms. The van der Waals surface area contributed by atoms with Gasteiger partial charge < -0.3 is 16.0 Å². The molecular formula is C16H24N4O3S. The Kier molecular flexibility index (Phi) is 7.33. The molecule has 8 heteroatoms. The molecule has 0 bridgehead atoms. The standard InChI is InChI=1S/C16H24N4O3S/c1-12-3-4-14(15(9-12)20(22)23)18-5-2-6-19-16(21)10-13-11-24-8-7-17-13/h3-4,9,13,17-18H,2,5-8,10-11H2,1H3,(H,19,21). The molecule has 1 aliphatic rings. The highest BCUT2D eigenvalue weighted by Gasteiger charge is 2.16. The number of nitrogens with one attached hydrogen (secondary N) is 3. The lowest BCUT2D eigenvalue weighted by Crippen LogP contribution is -2.41. The zero-order valence-electron chi connectivity index (χ0n) is 13.8. The van der Waals surface area contributed by atoms with Crippen molar-refractivity contribution in [1.29, 1.82) is 0 Å². The van der Waals surface area contributed by atoms with Crippen LogP contribution in [0, 0.1) is 17.0 Å². The molecule has 0 saturated carbocycles. The fraction of sp³-hybridized carbons (Fsp3) is 0.562. The monoisotopic (exact) mass is 352 g/mol. The number of amides is 1. The van der Waals surface area contributed by atoms with Crippen LogP contribution in [0.15, 0.2) is 18.2 Å². The molecule has 0 aliphatic carbocycles.